The van der Waals surface area contributed by atoms with Crippen molar-refractivity contribution in [3.05, 3.63) is 28.8 Å². The van der Waals surface area contributed by atoms with Gasteiger partial charge in [0.2, 0.25) is 0 Å². The van der Waals surface area contributed by atoms with Gasteiger partial charge in [0.15, 0.2) is 0 Å². The molecule has 1 aromatic carbocycles. The van der Waals surface area contributed by atoms with Crippen molar-refractivity contribution in [2.75, 3.05) is 14.1 Å². The molecule has 0 radical (unpaired) electrons. The van der Waals surface area contributed by atoms with Crippen molar-refractivity contribution in [1.82, 2.24) is 4.90 Å². The summed E-state index contributed by atoms with van der Waals surface area (Å²) in [7, 11) is 3.79. The van der Waals surface area contributed by atoms with Gasteiger partial charge in [-0.05, 0) is 32.6 Å². The Bertz CT molecular complexity index is 386. The van der Waals surface area contributed by atoms with E-state index in [0.29, 0.717) is 12.1 Å². The summed E-state index contributed by atoms with van der Waals surface area (Å²) in [5.41, 5.74) is 6.99. The van der Waals surface area contributed by atoms with Crippen molar-refractivity contribution in [1.29, 1.82) is 0 Å². The van der Waals surface area contributed by atoms with E-state index in [1.165, 1.54) is 0 Å². The lowest BCUT2D eigenvalue weighted by molar-refractivity contribution is 0.0997. The highest BCUT2D eigenvalue weighted by Crippen LogP contribution is 2.24. The third kappa shape index (κ3) is 2.70. The second kappa shape index (κ2) is 4.31. The fourth-order valence-corrected chi connectivity index (χ4v) is 1.50. The normalized spacial score (nSPS) is 10.7. The Kier molecular flexibility index (Phi) is 3.31. The maximum absolute atomic E-state index is 11.1. The van der Waals surface area contributed by atoms with E-state index in [1.807, 2.05) is 32.0 Å². The van der Waals surface area contributed by atoms with E-state index in [2.05, 4.69) is 0 Å². The molecule has 15 heavy (non-hydrogen) atoms. The summed E-state index contributed by atoms with van der Waals surface area (Å²) in [4.78, 5) is 13.0. The molecule has 0 aliphatic carbocycles. The molecule has 1 aromatic rings. The SMILES string of the molecule is Cc1cc(CN(C)C)c(O)c(C(N)=O)c1. The van der Waals surface area contributed by atoms with Gasteiger partial charge in [0.25, 0.3) is 5.91 Å². The largest absolute Gasteiger partial charge is 0.507 e. The predicted molar refractivity (Wildman–Crippen MR) is 58.8 cm³/mol. The molecule has 0 saturated carbocycles. The maximum atomic E-state index is 11.1. The topological polar surface area (TPSA) is 66.6 Å². The first-order chi connectivity index (χ1) is 6.91. The second-order valence-electron chi connectivity index (χ2n) is 3.92. The van der Waals surface area contributed by atoms with Crippen LogP contribution in [0.5, 0.6) is 5.75 Å². The van der Waals surface area contributed by atoms with Crippen LogP contribution in [0.3, 0.4) is 0 Å². The number of amides is 1. The Morgan fingerprint density at radius 3 is 2.53 bits per heavy atom. The molecule has 4 nitrogen and oxygen atoms in total. The standard InChI is InChI=1S/C11H16N2O2/c1-7-4-8(6-13(2)3)10(14)9(5-7)11(12)15/h4-5,14H,6H2,1-3H3,(H2,12,15). The van der Waals surface area contributed by atoms with E-state index in [9.17, 15) is 9.90 Å². The monoisotopic (exact) mass is 208 g/mol. The first-order valence-corrected chi connectivity index (χ1v) is 4.69. The highest BCUT2D eigenvalue weighted by molar-refractivity contribution is 5.96. The Hall–Kier alpha value is -1.55. The number of aryl methyl sites for hydroxylation is 1. The van der Waals surface area contributed by atoms with E-state index in [-0.39, 0.29) is 11.3 Å². The fourth-order valence-electron chi connectivity index (χ4n) is 1.50. The van der Waals surface area contributed by atoms with Crippen LogP contribution in [0.2, 0.25) is 0 Å². The number of hydrogen-bond acceptors (Lipinski definition) is 3. The van der Waals surface area contributed by atoms with Crippen molar-refractivity contribution in [3.63, 3.8) is 0 Å². The molecule has 1 amide bonds. The Morgan fingerprint density at radius 2 is 2.07 bits per heavy atom. The van der Waals surface area contributed by atoms with Crippen molar-refractivity contribution in [2.45, 2.75) is 13.5 Å². The molecule has 0 aliphatic rings. The van der Waals surface area contributed by atoms with Crippen molar-refractivity contribution < 1.29 is 9.90 Å². The van der Waals surface area contributed by atoms with Gasteiger partial charge in [-0.2, -0.15) is 0 Å². The Labute approximate surface area is 89.3 Å². The molecule has 0 saturated heterocycles. The molecule has 3 N–H and O–H groups in total. The third-order valence-corrected chi connectivity index (χ3v) is 2.09. The van der Waals surface area contributed by atoms with Gasteiger partial charge in [0.05, 0.1) is 5.56 Å². The lowest BCUT2D eigenvalue weighted by Gasteiger charge is -2.13. The number of carbonyl (C=O) groups is 1. The molecule has 0 heterocycles. The van der Waals surface area contributed by atoms with Crippen LogP contribution in [-0.2, 0) is 6.54 Å². The summed E-state index contributed by atoms with van der Waals surface area (Å²) in [6, 6.07) is 3.44. The molecule has 82 valence electrons. The van der Waals surface area contributed by atoms with Crippen LogP contribution in [0.25, 0.3) is 0 Å². The van der Waals surface area contributed by atoms with Crippen LogP contribution >= 0.6 is 0 Å². The number of rotatable bonds is 3. The van der Waals surface area contributed by atoms with Gasteiger partial charge in [0.1, 0.15) is 5.75 Å². The van der Waals surface area contributed by atoms with Crippen LogP contribution in [0, 0.1) is 6.92 Å². The fraction of sp³-hybridized carbons (Fsp3) is 0.364. The minimum Gasteiger partial charge on any atom is -0.507 e. The van der Waals surface area contributed by atoms with E-state index in [0.717, 1.165) is 5.56 Å². The molecular formula is C11H16N2O2. The Balaban J connectivity index is 3.22. The number of carbonyl (C=O) groups excluding carboxylic acids is 1. The van der Waals surface area contributed by atoms with Gasteiger partial charge in [-0.25, -0.2) is 0 Å². The number of phenols is 1. The first kappa shape index (κ1) is 11.5. The number of primary amides is 1. The zero-order valence-corrected chi connectivity index (χ0v) is 9.24. The van der Waals surface area contributed by atoms with Crippen molar-refractivity contribution in [3.8, 4) is 5.75 Å². The molecular weight excluding hydrogens is 192 g/mol. The summed E-state index contributed by atoms with van der Waals surface area (Å²) >= 11 is 0. The van der Waals surface area contributed by atoms with E-state index >= 15 is 0 Å². The average Bonchev–Trinajstić information content (AvgIpc) is 2.09. The smallest absolute Gasteiger partial charge is 0.252 e. The minimum atomic E-state index is -0.601. The Morgan fingerprint density at radius 1 is 1.47 bits per heavy atom. The lowest BCUT2D eigenvalue weighted by Crippen LogP contribution is -2.15. The highest BCUT2D eigenvalue weighted by atomic mass is 16.3. The van der Waals surface area contributed by atoms with E-state index in [4.69, 9.17) is 5.73 Å². The predicted octanol–water partition coefficient (Wildman–Crippen LogP) is 0.861. The van der Waals surface area contributed by atoms with Gasteiger partial charge in [-0.1, -0.05) is 6.07 Å². The molecule has 0 aromatic heterocycles. The summed E-state index contributed by atoms with van der Waals surface area (Å²) in [6.07, 6.45) is 0. The highest BCUT2D eigenvalue weighted by Gasteiger charge is 2.13. The van der Waals surface area contributed by atoms with Gasteiger partial charge < -0.3 is 15.7 Å². The number of nitrogens with two attached hydrogens (primary N) is 1. The first-order valence-electron chi connectivity index (χ1n) is 4.69. The molecule has 0 unspecified atom stereocenters. The number of nitrogens with zero attached hydrogens (tertiary/aromatic N) is 1. The van der Waals surface area contributed by atoms with Crippen molar-refractivity contribution in [2.24, 2.45) is 5.73 Å². The van der Waals surface area contributed by atoms with E-state index < -0.39 is 5.91 Å². The number of aromatic hydroxyl groups is 1. The summed E-state index contributed by atoms with van der Waals surface area (Å²) in [6.45, 7) is 2.44. The van der Waals surface area contributed by atoms with Crippen LogP contribution in [-0.4, -0.2) is 30.0 Å². The summed E-state index contributed by atoms with van der Waals surface area (Å²) < 4.78 is 0. The lowest BCUT2D eigenvalue weighted by atomic mass is 10.0. The zero-order valence-electron chi connectivity index (χ0n) is 9.24. The number of benzene rings is 1. The molecule has 0 atom stereocenters. The maximum Gasteiger partial charge on any atom is 0.252 e. The molecule has 1 rings (SSSR count). The van der Waals surface area contributed by atoms with Crippen LogP contribution in [0.1, 0.15) is 21.5 Å². The van der Waals surface area contributed by atoms with Gasteiger partial charge in [-0.15, -0.1) is 0 Å². The van der Waals surface area contributed by atoms with Crippen LogP contribution in [0.15, 0.2) is 12.1 Å². The number of hydrogen-bond donors (Lipinski definition) is 2. The molecule has 0 bridgehead atoms. The van der Waals surface area contributed by atoms with Crippen molar-refractivity contribution >= 4 is 5.91 Å². The molecule has 0 fully saturated rings. The van der Waals surface area contributed by atoms with Crippen LogP contribution < -0.4 is 5.73 Å². The minimum absolute atomic E-state index is 0.0122. The summed E-state index contributed by atoms with van der Waals surface area (Å²) in [5, 5.41) is 9.81. The quantitative estimate of drug-likeness (QED) is 0.774. The van der Waals surface area contributed by atoms with E-state index in [1.54, 1.807) is 6.07 Å². The third-order valence-electron chi connectivity index (χ3n) is 2.09. The average molecular weight is 208 g/mol. The second-order valence-corrected chi connectivity index (χ2v) is 3.92. The molecule has 0 spiro atoms. The van der Waals surface area contributed by atoms with Gasteiger partial charge in [0, 0.05) is 12.1 Å². The zero-order chi connectivity index (χ0) is 11.6. The summed E-state index contributed by atoms with van der Waals surface area (Å²) in [5.74, 6) is -0.613. The van der Waals surface area contributed by atoms with Gasteiger partial charge in [-0.3, -0.25) is 4.79 Å². The van der Waals surface area contributed by atoms with Crippen LogP contribution in [0.4, 0.5) is 0 Å². The molecule has 4 heteroatoms. The van der Waals surface area contributed by atoms with Gasteiger partial charge >= 0.3 is 0 Å². The molecule has 0 aliphatic heterocycles.